The minimum absolute atomic E-state index is 0.0201. The van der Waals surface area contributed by atoms with E-state index in [2.05, 4.69) is 5.10 Å². The zero-order valence-corrected chi connectivity index (χ0v) is 15.4. The van der Waals surface area contributed by atoms with Crippen molar-refractivity contribution < 1.29 is 9.13 Å². The van der Waals surface area contributed by atoms with Gasteiger partial charge in [-0.15, -0.1) is 11.3 Å². The Labute approximate surface area is 158 Å². The number of hydrogen-bond donors (Lipinski definition) is 3. The van der Waals surface area contributed by atoms with Gasteiger partial charge in [0.05, 0.1) is 35.4 Å². The maximum atomic E-state index is 12.9. The molecule has 0 aliphatic heterocycles. The summed E-state index contributed by atoms with van der Waals surface area (Å²) >= 11 is 1.22. The molecule has 0 fully saturated rings. The van der Waals surface area contributed by atoms with Gasteiger partial charge in [0.1, 0.15) is 18.1 Å². The van der Waals surface area contributed by atoms with Gasteiger partial charge < -0.3 is 21.2 Å². The number of alkyl halides is 1. The van der Waals surface area contributed by atoms with E-state index in [9.17, 15) is 9.18 Å². The average molecular weight is 390 g/mol. The summed E-state index contributed by atoms with van der Waals surface area (Å²) in [5.41, 5.74) is 12.8. The van der Waals surface area contributed by atoms with Crippen molar-refractivity contribution in [1.82, 2.24) is 14.8 Å². The Morgan fingerprint density at radius 2 is 2.11 bits per heavy atom. The van der Waals surface area contributed by atoms with Gasteiger partial charge in [0.15, 0.2) is 0 Å². The fourth-order valence-electron chi connectivity index (χ4n) is 2.59. The van der Waals surface area contributed by atoms with Crippen LogP contribution in [0, 0.1) is 0 Å². The molecule has 0 aliphatic rings. The van der Waals surface area contributed by atoms with Gasteiger partial charge >= 0.3 is 0 Å². The Morgan fingerprint density at radius 1 is 1.41 bits per heavy atom. The number of ether oxygens (including phenoxy) is 1. The number of fused-ring (bicyclic) bond motifs is 1. The highest BCUT2D eigenvalue weighted by Gasteiger charge is 2.18. The average Bonchev–Trinajstić information content (AvgIpc) is 3.04. The lowest BCUT2D eigenvalue weighted by Crippen LogP contribution is -2.29. The number of rotatable bonds is 6. The van der Waals surface area contributed by atoms with Gasteiger partial charge in [-0.25, -0.2) is 10.2 Å². The number of hydrazine groups is 1. The summed E-state index contributed by atoms with van der Waals surface area (Å²) in [7, 11) is 1.55. The quantitative estimate of drug-likeness (QED) is 0.429. The number of nitrogens with zero attached hydrogens (tertiary/aromatic N) is 3. The molecule has 1 aromatic carbocycles. The number of methoxy groups -OCH3 is 1. The Kier molecular flexibility index (Phi) is 5.28. The molecule has 0 unspecified atom stereocenters. The summed E-state index contributed by atoms with van der Waals surface area (Å²) in [5, 5.41) is 8.45. The predicted molar refractivity (Wildman–Crippen MR) is 105 cm³/mol. The number of thiophene rings is 1. The number of anilines is 1. The highest BCUT2D eigenvalue weighted by molar-refractivity contribution is 7.15. The van der Waals surface area contributed by atoms with Gasteiger partial charge in [-0.2, -0.15) is 9.78 Å². The molecule has 2 heterocycles. The molecule has 0 radical (unpaired) electrons. The van der Waals surface area contributed by atoms with Gasteiger partial charge in [0.2, 0.25) is 0 Å². The van der Waals surface area contributed by atoms with Crippen LogP contribution in [-0.4, -0.2) is 35.1 Å². The van der Waals surface area contributed by atoms with E-state index in [0.29, 0.717) is 32.9 Å². The molecule has 10 heteroatoms. The van der Waals surface area contributed by atoms with Gasteiger partial charge in [0, 0.05) is 17.0 Å². The van der Waals surface area contributed by atoms with Gasteiger partial charge in [0.25, 0.3) is 5.56 Å². The predicted octanol–water partition coefficient (Wildman–Crippen LogP) is 1.44. The topological polar surface area (TPSA) is 125 Å². The first-order chi connectivity index (χ1) is 13.0. The molecule has 0 atom stereocenters. The number of benzene rings is 1. The Balaban J connectivity index is 2.22. The van der Waals surface area contributed by atoms with E-state index in [-0.39, 0.29) is 17.8 Å². The minimum atomic E-state index is -0.625. The molecular weight excluding hydrogens is 371 g/mol. The number of aromatic nitrogens is 2. The van der Waals surface area contributed by atoms with Crippen molar-refractivity contribution in [3.8, 4) is 11.4 Å². The van der Waals surface area contributed by atoms with Crippen LogP contribution in [0.3, 0.4) is 0 Å². The maximum Gasteiger partial charge on any atom is 0.282 e. The second-order valence-electron chi connectivity index (χ2n) is 5.66. The minimum Gasteiger partial charge on any atom is -0.497 e. The monoisotopic (exact) mass is 390 g/mol. The smallest absolute Gasteiger partial charge is 0.282 e. The van der Waals surface area contributed by atoms with Crippen LogP contribution in [0.4, 0.5) is 9.39 Å². The Bertz CT molecular complexity index is 1040. The molecule has 0 amide bonds. The van der Waals surface area contributed by atoms with E-state index >= 15 is 0 Å². The molecule has 0 spiro atoms. The number of halogens is 1. The summed E-state index contributed by atoms with van der Waals surface area (Å²) in [6.07, 6.45) is 1.37. The summed E-state index contributed by atoms with van der Waals surface area (Å²) in [5.74, 6) is 6.33. The van der Waals surface area contributed by atoms with E-state index in [0.717, 1.165) is 5.01 Å². The molecule has 2 aromatic heterocycles. The van der Waals surface area contributed by atoms with E-state index in [1.165, 1.54) is 22.2 Å². The largest absolute Gasteiger partial charge is 0.497 e. The molecule has 3 rings (SSSR count). The van der Waals surface area contributed by atoms with Crippen LogP contribution in [0.25, 0.3) is 22.2 Å². The van der Waals surface area contributed by atoms with Crippen LogP contribution in [0.1, 0.15) is 5.69 Å². The van der Waals surface area contributed by atoms with E-state index in [1.54, 1.807) is 36.8 Å². The molecule has 0 saturated heterocycles. The molecule has 142 valence electrons. The summed E-state index contributed by atoms with van der Waals surface area (Å²) in [6.45, 7) is -0.645. The molecular formula is C17H19FN6O2S. The molecule has 27 heavy (non-hydrogen) atoms. The van der Waals surface area contributed by atoms with Crippen LogP contribution in [0.5, 0.6) is 5.75 Å². The SMILES string of the molecule is COc1ccc(-n2nc(/C(N)=C/N(N)CCF)c3csc(N)c3c2=O)cc1. The third-order valence-corrected chi connectivity index (χ3v) is 4.73. The highest BCUT2D eigenvalue weighted by atomic mass is 32.1. The normalized spacial score (nSPS) is 11.7. The number of nitrogens with two attached hydrogens (primary N) is 3. The van der Waals surface area contributed by atoms with Gasteiger partial charge in [-0.3, -0.25) is 4.79 Å². The molecule has 8 nitrogen and oxygen atoms in total. The fraction of sp³-hybridized carbons (Fsp3) is 0.176. The Morgan fingerprint density at radius 3 is 2.74 bits per heavy atom. The molecule has 0 aliphatic carbocycles. The lowest BCUT2D eigenvalue weighted by Gasteiger charge is -2.14. The van der Waals surface area contributed by atoms with Crippen LogP contribution in [0.2, 0.25) is 0 Å². The van der Waals surface area contributed by atoms with Crippen molar-refractivity contribution in [2.24, 2.45) is 11.6 Å². The first-order valence-corrected chi connectivity index (χ1v) is 8.83. The van der Waals surface area contributed by atoms with Crippen molar-refractivity contribution in [3.63, 3.8) is 0 Å². The van der Waals surface area contributed by atoms with E-state index in [4.69, 9.17) is 22.0 Å². The number of hydrogen-bond acceptors (Lipinski definition) is 8. The van der Waals surface area contributed by atoms with Crippen LogP contribution < -0.4 is 27.6 Å². The third kappa shape index (κ3) is 3.57. The summed E-state index contributed by atoms with van der Waals surface area (Å²) < 4.78 is 18.8. The molecule has 0 saturated carbocycles. The van der Waals surface area contributed by atoms with Crippen LogP contribution >= 0.6 is 11.3 Å². The van der Waals surface area contributed by atoms with E-state index < -0.39 is 6.67 Å². The van der Waals surface area contributed by atoms with Crippen LogP contribution in [0.15, 0.2) is 40.6 Å². The second kappa shape index (κ2) is 7.64. The second-order valence-corrected chi connectivity index (χ2v) is 6.57. The first kappa shape index (κ1) is 18.7. The number of nitrogen functional groups attached to an aromatic ring is 1. The molecule has 3 aromatic rings. The van der Waals surface area contributed by atoms with Gasteiger partial charge in [-0.05, 0) is 24.3 Å². The Hall–Kier alpha value is -3.11. The van der Waals surface area contributed by atoms with Crippen molar-refractivity contribution >= 4 is 32.8 Å². The summed E-state index contributed by atoms with van der Waals surface area (Å²) in [6, 6.07) is 6.83. The molecule has 0 bridgehead atoms. The van der Waals surface area contributed by atoms with Gasteiger partial charge in [-0.1, -0.05) is 0 Å². The zero-order chi connectivity index (χ0) is 19.6. The van der Waals surface area contributed by atoms with Crippen molar-refractivity contribution in [3.05, 3.63) is 51.9 Å². The lowest BCUT2D eigenvalue weighted by atomic mass is 10.2. The standard InChI is InChI=1S/C17H19FN6O2S/c1-26-11-4-2-10(3-5-11)24-17(25)14-12(9-27-16(14)20)15(22-24)13(19)8-23(21)7-6-18/h2-5,8-9H,6-7,19-21H2,1H3/b13-8-. The van der Waals surface area contributed by atoms with Crippen molar-refractivity contribution in [2.45, 2.75) is 0 Å². The van der Waals surface area contributed by atoms with Crippen molar-refractivity contribution in [2.75, 3.05) is 26.1 Å². The maximum absolute atomic E-state index is 12.9. The van der Waals surface area contributed by atoms with Crippen LogP contribution in [-0.2, 0) is 0 Å². The molecule has 6 N–H and O–H groups in total. The highest BCUT2D eigenvalue weighted by Crippen LogP contribution is 2.29. The lowest BCUT2D eigenvalue weighted by molar-refractivity contribution is 0.336. The van der Waals surface area contributed by atoms with E-state index in [1.807, 2.05) is 0 Å². The van der Waals surface area contributed by atoms with Crippen molar-refractivity contribution in [1.29, 1.82) is 0 Å². The fourth-order valence-corrected chi connectivity index (χ4v) is 3.38. The zero-order valence-electron chi connectivity index (χ0n) is 14.6. The first-order valence-electron chi connectivity index (χ1n) is 7.95. The third-order valence-electron chi connectivity index (χ3n) is 3.92. The summed E-state index contributed by atoms with van der Waals surface area (Å²) in [4.78, 5) is 12.9.